The van der Waals surface area contributed by atoms with Gasteiger partial charge in [-0.1, -0.05) is 12.1 Å². The van der Waals surface area contributed by atoms with E-state index in [0.29, 0.717) is 17.1 Å². The molecule has 1 N–H and O–H groups in total. The van der Waals surface area contributed by atoms with E-state index in [1.54, 1.807) is 6.07 Å². The summed E-state index contributed by atoms with van der Waals surface area (Å²) in [5, 5.41) is 11.4. The van der Waals surface area contributed by atoms with Gasteiger partial charge in [-0.3, -0.25) is 4.79 Å². The highest BCUT2D eigenvalue weighted by molar-refractivity contribution is 6.18. The smallest absolute Gasteiger partial charge is 0.274 e. The van der Waals surface area contributed by atoms with Crippen LogP contribution in [0.5, 0.6) is 0 Å². The van der Waals surface area contributed by atoms with Gasteiger partial charge in [0.15, 0.2) is 0 Å². The Kier molecular flexibility index (Phi) is 4.70. The van der Waals surface area contributed by atoms with Crippen LogP contribution in [0, 0.1) is 11.3 Å². The zero-order valence-corrected chi connectivity index (χ0v) is 11.4. The van der Waals surface area contributed by atoms with E-state index in [1.807, 2.05) is 30.3 Å². The van der Waals surface area contributed by atoms with Crippen LogP contribution in [0.25, 0.3) is 0 Å². The lowest BCUT2D eigenvalue weighted by Crippen LogP contribution is -2.13. The van der Waals surface area contributed by atoms with Crippen molar-refractivity contribution in [3.05, 3.63) is 59.4 Å². The van der Waals surface area contributed by atoms with Crippen LogP contribution in [0.4, 0.5) is 5.69 Å². The maximum Gasteiger partial charge on any atom is 0.274 e. The number of hydrogen-bond acceptors (Lipinski definition) is 3. The standard InChI is InChI=1S/C15H12ClN3O/c16-8-7-11-1-4-13(5-2-11)19-15(20)14-6-3-12(9-17)10-18-14/h1-6,10H,7-8H2,(H,19,20). The number of hydrogen-bond donors (Lipinski definition) is 1. The molecule has 0 spiro atoms. The molecule has 0 fully saturated rings. The predicted octanol–water partition coefficient (Wildman–Crippen LogP) is 2.99. The number of nitrogens with one attached hydrogen (secondary N) is 1. The number of benzene rings is 1. The quantitative estimate of drug-likeness (QED) is 0.878. The van der Waals surface area contributed by atoms with Gasteiger partial charge >= 0.3 is 0 Å². The van der Waals surface area contributed by atoms with Gasteiger partial charge in [0.1, 0.15) is 11.8 Å². The fraction of sp³-hybridized carbons (Fsp3) is 0.133. The third kappa shape index (κ3) is 3.56. The Morgan fingerprint density at radius 2 is 2.00 bits per heavy atom. The molecule has 0 atom stereocenters. The van der Waals surface area contributed by atoms with Crippen LogP contribution in [0.15, 0.2) is 42.6 Å². The van der Waals surface area contributed by atoms with Crippen molar-refractivity contribution >= 4 is 23.2 Å². The SMILES string of the molecule is N#Cc1ccc(C(=O)Nc2ccc(CCCl)cc2)nc1. The van der Waals surface area contributed by atoms with Gasteiger partial charge in [-0.05, 0) is 36.2 Å². The molecule has 0 bridgehead atoms. The van der Waals surface area contributed by atoms with Gasteiger partial charge in [0.05, 0.1) is 5.56 Å². The zero-order chi connectivity index (χ0) is 14.4. The molecule has 4 nitrogen and oxygen atoms in total. The summed E-state index contributed by atoms with van der Waals surface area (Å²) in [7, 11) is 0. The average Bonchev–Trinajstić information content (AvgIpc) is 2.49. The first-order valence-electron chi connectivity index (χ1n) is 6.05. The van der Waals surface area contributed by atoms with Crippen LogP contribution >= 0.6 is 11.6 Å². The third-order valence-corrected chi connectivity index (χ3v) is 2.91. The van der Waals surface area contributed by atoms with Crippen LogP contribution in [-0.2, 0) is 6.42 Å². The van der Waals surface area contributed by atoms with Gasteiger partial charge in [0.2, 0.25) is 0 Å². The molecule has 1 heterocycles. The largest absolute Gasteiger partial charge is 0.321 e. The fourth-order valence-corrected chi connectivity index (χ4v) is 1.87. The summed E-state index contributed by atoms with van der Waals surface area (Å²) < 4.78 is 0. The Bertz CT molecular complexity index is 630. The van der Waals surface area contributed by atoms with E-state index >= 15 is 0 Å². The molecule has 1 aromatic heterocycles. The second-order valence-electron chi connectivity index (χ2n) is 4.13. The van der Waals surface area contributed by atoms with Crippen LogP contribution in [0.2, 0.25) is 0 Å². The molecular formula is C15H12ClN3O. The Labute approximate surface area is 122 Å². The second kappa shape index (κ2) is 6.69. The molecule has 0 unspecified atom stereocenters. The lowest BCUT2D eigenvalue weighted by atomic mass is 10.1. The number of nitrogens with zero attached hydrogens (tertiary/aromatic N) is 2. The third-order valence-electron chi connectivity index (χ3n) is 2.72. The number of halogens is 1. The Morgan fingerprint density at radius 3 is 2.55 bits per heavy atom. The minimum atomic E-state index is -0.306. The van der Waals surface area contributed by atoms with E-state index in [-0.39, 0.29) is 11.6 Å². The summed E-state index contributed by atoms with van der Waals surface area (Å²) in [6.45, 7) is 0. The minimum absolute atomic E-state index is 0.272. The molecule has 5 heteroatoms. The summed E-state index contributed by atoms with van der Waals surface area (Å²) >= 11 is 5.66. The van der Waals surface area contributed by atoms with Gasteiger partial charge in [0.25, 0.3) is 5.91 Å². The molecule has 0 aliphatic heterocycles. The summed E-state index contributed by atoms with van der Waals surface area (Å²) in [6.07, 6.45) is 2.17. The fourth-order valence-electron chi connectivity index (χ4n) is 1.65. The first-order chi connectivity index (χ1) is 9.72. The monoisotopic (exact) mass is 285 g/mol. The lowest BCUT2D eigenvalue weighted by molar-refractivity contribution is 0.102. The number of alkyl halides is 1. The van der Waals surface area contributed by atoms with Gasteiger partial charge in [-0.25, -0.2) is 4.98 Å². The first-order valence-corrected chi connectivity index (χ1v) is 6.59. The molecule has 2 aromatic rings. The number of amides is 1. The number of aryl methyl sites for hydroxylation is 1. The Balaban J connectivity index is 2.05. The topological polar surface area (TPSA) is 65.8 Å². The second-order valence-corrected chi connectivity index (χ2v) is 4.51. The highest BCUT2D eigenvalue weighted by atomic mass is 35.5. The van der Waals surface area contributed by atoms with Crippen LogP contribution < -0.4 is 5.32 Å². The number of rotatable bonds is 4. The predicted molar refractivity (Wildman–Crippen MR) is 77.8 cm³/mol. The van der Waals surface area contributed by atoms with Crippen molar-refractivity contribution in [1.82, 2.24) is 4.98 Å². The van der Waals surface area contributed by atoms with Crippen molar-refractivity contribution in [3.8, 4) is 6.07 Å². The summed E-state index contributed by atoms with van der Waals surface area (Å²) in [4.78, 5) is 15.9. The van der Waals surface area contributed by atoms with E-state index in [4.69, 9.17) is 16.9 Å². The van der Waals surface area contributed by atoms with Crippen LogP contribution in [-0.4, -0.2) is 16.8 Å². The minimum Gasteiger partial charge on any atom is -0.321 e. The molecule has 1 amide bonds. The maximum atomic E-state index is 11.9. The molecule has 0 aliphatic rings. The van der Waals surface area contributed by atoms with Gasteiger partial charge in [-0.15, -0.1) is 11.6 Å². The van der Waals surface area contributed by atoms with E-state index in [9.17, 15) is 4.79 Å². The van der Waals surface area contributed by atoms with Crippen LogP contribution in [0.1, 0.15) is 21.6 Å². The molecule has 20 heavy (non-hydrogen) atoms. The Morgan fingerprint density at radius 1 is 1.25 bits per heavy atom. The molecule has 2 rings (SSSR count). The van der Waals surface area contributed by atoms with Crippen molar-refractivity contribution in [2.45, 2.75) is 6.42 Å². The number of anilines is 1. The normalized spacial score (nSPS) is 9.80. The van der Waals surface area contributed by atoms with E-state index in [1.165, 1.54) is 12.3 Å². The van der Waals surface area contributed by atoms with Crippen LogP contribution in [0.3, 0.4) is 0 Å². The number of pyridine rings is 1. The molecule has 0 saturated heterocycles. The molecule has 100 valence electrons. The lowest BCUT2D eigenvalue weighted by Gasteiger charge is -2.05. The van der Waals surface area contributed by atoms with E-state index < -0.39 is 0 Å². The maximum absolute atomic E-state index is 11.9. The van der Waals surface area contributed by atoms with Gasteiger partial charge < -0.3 is 5.32 Å². The van der Waals surface area contributed by atoms with Crippen molar-refractivity contribution in [2.75, 3.05) is 11.2 Å². The first kappa shape index (κ1) is 14.0. The van der Waals surface area contributed by atoms with Crippen molar-refractivity contribution in [3.63, 3.8) is 0 Å². The molecular weight excluding hydrogens is 274 g/mol. The molecule has 0 radical (unpaired) electrons. The number of aromatic nitrogens is 1. The average molecular weight is 286 g/mol. The highest BCUT2D eigenvalue weighted by Crippen LogP contribution is 2.12. The van der Waals surface area contributed by atoms with Gasteiger partial charge in [0, 0.05) is 17.8 Å². The summed E-state index contributed by atoms with van der Waals surface area (Å²) in [6, 6.07) is 12.5. The number of carbonyl (C=O) groups is 1. The molecule has 0 aliphatic carbocycles. The number of nitriles is 1. The van der Waals surface area contributed by atoms with E-state index in [2.05, 4.69) is 10.3 Å². The van der Waals surface area contributed by atoms with E-state index in [0.717, 1.165) is 12.0 Å². The number of carbonyl (C=O) groups excluding carboxylic acids is 1. The highest BCUT2D eigenvalue weighted by Gasteiger charge is 2.07. The Hall–Kier alpha value is -2.38. The van der Waals surface area contributed by atoms with Gasteiger partial charge in [-0.2, -0.15) is 5.26 Å². The van der Waals surface area contributed by atoms with Crippen molar-refractivity contribution in [2.24, 2.45) is 0 Å². The summed E-state index contributed by atoms with van der Waals surface area (Å²) in [5.41, 5.74) is 2.51. The van der Waals surface area contributed by atoms with Crippen molar-refractivity contribution < 1.29 is 4.79 Å². The molecule has 0 saturated carbocycles. The molecule has 1 aromatic carbocycles. The summed E-state index contributed by atoms with van der Waals surface area (Å²) in [5.74, 6) is 0.264. The van der Waals surface area contributed by atoms with Crippen molar-refractivity contribution in [1.29, 1.82) is 5.26 Å². The zero-order valence-electron chi connectivity index (χ0n) is 10.6.